The molecule has 0 spiro atoms. The summed E-state index contributed by atoms with van der Waals surface area (Å²) in [5.41, 5.74) is 5.23. The minimum atomic E-state index is -1.03. The van der Waals surface area contributed by atoms with Gasteiger partial charge in [-0.05, 0) is 24.3 Å². The van der Waals surface area contributed by atoms with Crippen molar-refractivity contribution in [1.29, 1.82) is 0 Å². The first-order valence-electron chi connectivity index (χ1n) is 8.55. The lowest BCUT2D eigenvalue weighted by atomic mass is 10.1. The van der Waals surface area contributed by atoms with Gasteiger partial charge in [0, 0.05) is 22.9 Å². The van der Waals surface area contributed by atoms with Gasteiger partial charge in [-0.25, -0.2) is 9.59 Å². The van der Waals surface area contributed by atoms with Crippen LogP contribution >= 0.6 is 0 Å². The van der Waals surface area contributed by atoms with E-state index in [1.165, 1.54) is 12.1 Å². The number of benzene rings is 3. The van der Waals surface area contributed by atoms with Crippen molar-refractivity contribution in [3.63, 3.8) is 0 Å². The van der Waals surface area contributed by atoms with Crippen molar-refractivity contribution in [2.75, 3.05) is 11.9 Å². The van der Waals surface area contributed by atoms with Crippen molar-refractivity contribution < 1.29 is 28.8 Å². The first-order chi connectivity index (χ1) is 14.3. The zero-order valence-corrected chi connectivity index (χ0v) is 15.4. The maximum atomic E-state index is 12.2. The molecular formula is C20H15N3O7. The molecule has 30 heavy (non-hydrogen) atoms. The predicted molar refractivity (Wildman–Crippen MR) is 106 cm³/mol. The zero-order valence-electron chi connectivity index (χ0n) is 15.4. The van der Waals surface area contributed by atoms with Crippen LogP contribution in [0.1, 0.15) is 10.4 Å². The fourth-order valence-electron chi connectivity index (χ4n) is 2.66. The van der Waals surface area contributed by atoms with Gasteiger partial charge in [0.2, 0.25) is 0 Å². The summed E-state index contributed by atoms with van der Waals surface area (Å²) in [4.78, 5) is 45.2. The Kier molecular flexibility index (Phi) is 5.87. The lowest BCUT2D eigenvalue weighted by Gasteiger charge is -2.12. The Morgan fingerprint density at radius 3 is 2.30 bits per heavy atom. The van der Waals surface area contributed by atoms with Gasteiger partial charge in [-0.2, -0.15) is 0 Å². The summed E-state index contributed by atoms with van der Waals surface area (Å²) in [6, 6.07) is 14.6. The SMILES string of the molecule is NC(=O)COc1cccc2c(NC(=O)OC(=O)c3ccc([N+](=O)[O-])cc3)cccc12. The van der Waals surface area contributed by atoms with Crippen LogP contribution in [0.5, 0.6) is 5.75 Å². The van der Waals surface area contributed by atoms with Crippen molar-refractivity contribution in [3.8, 4) is 5.75 Å². The van der Waals surface area contributed by atoms with E-state index < -0.39 is 22.9 Å². The highest BCUT2D eigenvalue weighted by Gasteiger charge is 2.16. The largest absolute Gasteiger partial charge is 0.483 e. The smallest absolute Gasteiger partial charge is 0.419 e. The average molecular weight is 409 g/mol. The van der Waals surface area contributed by atoms with E-state index in [0.29, 0.717) is 22.2 Å². The molecule has 0 heterocycles. The lowest BCUT2D eigenvalue weighted by Crippen LogP contribution is -2.20. The standard InChI is InChI=1S/C20H15N3O7/c21-18(24)11-29-17-6-2-3-14-15(17)4-1-5-16(14)22-20(26)30-19(25)12-7-9-13(10-8-12)23(27)28/h1-10H,11H2,(H2,21,24)(H,22,26). The number of fused-ring (bicyclic) bond motifs is 1. The molecule has 3 aromatic carbocycles. The van der Waals surface area contributed by atoms with Gasteiger partial charge in [-0.1, -0.05) is 24.3 Å². The number of carbonyl (C=O) groups excluding carboxylic acids is 3. The molecule has 10 nitrogen and oxygen atoms in total. The Hall–Kier alpha value is -4.47. The van der Waals surface area contributed by atoms with Crippen LogP contribution in [0, 0.1) is 10.1 Å². The van der Waals surface area contributed by atoms with Crippen LogP contribution in [-0.2, 0) is 9.53 Å². The van der Waals surface area contributed by atoms with Gasteiger partial charge in [0.15, 0.2) is 6.61 Å². The van der Waals surface area contributed by atoms with Crippen molar-refractivity contribution in [2.45, 2.75) is 0 Å². The number of non-ortho nitro benzene ring substituents is 1. The molecule has 3 rings (SSSR count). The number of nitro groups is 1. The Morgan fingerprint density at radius 2 is 1.63 bits per heavy atom. The molecule has 3 N–H and O–H groups in total. The van der Waals surface area contributed by atoms with Gasteiger partial charge in [0.05, 0.1) is 16.2 Å². The Morgan fingerprint density at radius 1 is 0.967 bits per heavy atom. The van der Waals surface area contributed by atoms with E-state index in [9.17, 15) is 24.5 Å². The topological polar surface area (TPSA) is 151 Å². The highest BCUT2D eigenvalue weighted by molar-refractivity contribution is 6.05. The highest BCUT2D eigenvalue weighted by atomic mass is 16.6. The number of rotatable bonds is 6. The molecule has 0 atom stereocenters. The third kappa shape index (κ3) is 4.68. The average Bonchev–Trinajstić information content (AvgIpc) is 2.72. The molecule has 152 valence electrons. The van der Waals surface area contributed by atoms with Gasteiger partial charge < -0.3 is 15.2 Å². The number of carbonyl (C=O) groups is 3. The molecule has 0 unspecified atom stereocenters. The summed E-state index contributed by atoms with van der Waals surface area (Å²) in [7, 11) is 0. The van der Waals surface area contributed by atoms with Crippen molar-refractivity contribution >= 4 is 40.1 Å². The van der Waals surface area contributed by atoms with Crippen molar-refractivity contribution in [1.82, 2.24) is 0 Å². The molecule has 0 aliphatic rings. The molecule has 0 aromatic heterocycles. The Bertz CT molecular complexity index is 1140. The van der Waals surface area contributed by atoms with E-state index in [1.807, 2.05) is 0 Å². The summed E-state index contributed by atoms with van der Waals surface area (Å²) < 4.78 is 10.1. The molecule has 0 fully saturated rings. The Balaban J connectivity index is 1.74. The van der Waals surface area contributed by atoms with E-state index in [0.717, 1.165) is 12.1 Å². The first kappa shape index (κ1) is 20.3. The molecular weight excluding hydrogens is 394 g/mol. The highest BCUT2D eigenvalue weighted by Crippen LogP contribution is 2.31. The third-order valence-corrected chi connectivity index (χ3v) is 3.99. The molecule has 0 saturated carbocycles. The minimum absolute atomic E-state index is 0.0178. The quantitative estimate of drug-likeness (QED) is 0.275. The van der Waals surface area contributed by atoms with E-state index in [-0.39, 0.29) is 17.9 Å². The molecule has 2 amide bonds. The molecule has 0 aliphatic heterocycles. The van der Waals surface area contributed by atoms with Crippen LogP contribution in [0.15, 0.2) is 60.7 Å². The second kappa shape index (κ2) is 8.69. The number of nitrogens with zero attached hydrogens (tertiary/aromatic N) is 1. The molecule has 0 bridgehead atoms. The van der Waals surface area contributed by atoms with Crippen molar-refractivity contribution in [3.05, 3.63) is 76.3 Å². The van der Waals surface area contributed by atoms with Gasteiger partial charge in [-0.15, -0.1) is 0 Å². The van der Waals surface area contributed by atoms with E-state index in [1.54, 1.807) is 36.4 Å². The number of esters is 1. The van der Waals surface area contributed by atoms with Gasteiger partial charge >= 0.3 is 12.1 Å². The molecule has 0 saturated heterocycles. The number of ether oxygens (including phenoxy) is 2. The van der Waals surface area contributed by atoms with Gasteiger partial charge in [-0.3, -0.25) is 20.2 Å². The first-order valence-corrected chi connectivity index (χ1v) is 8.55. The van der Waals surface area contributed by atoms with Crippen LogP contribution in [0.25, 0.3) is 10.8 Å². The van der Waals surface area contributed by atoms with Crippen LogP contribution < -0.4 is 15.8 Å². The van der Waals surface area contributed by atoms with Crippen LogP contribution in [0.4, 0.5) is 16.2 Å². The van der Waals surface area contributed by atoms with Crippen LogP contribution in [0.2, 0.25) is 0 Å². The second-order valence-electron chi connectivity index (χ2n) is 6.02. The summed E-state index contributed by atoms with van der Waals surface area (Å²) in [5, 5.41) is 14.3. The number of nitrogens with one attached hydrogen (secondary N) is 1. The number of hydrogen-bond donors (Lipinski definition) is 2. The fourth-order valence-corrected chi connectivity index (χ4v) is 2.66. The minimum Gasteiger partial charge on any atom is -0.483 e. The predicted octanol–water partition coefficient (Wildman–Crippen LogP) is 3.00. The molecule has 10 heteroatoms. The van der Waals surface area contributed by atoms with Gasteiger partial charge in [0.1, 0.15) is 5.75 Å². The van der Waals surface area contributed by atoms with Crippen molar-refractivity contribution in [2.24, 2.45) is 5.73 Å². The molecule has 3 aromatic rings. The van der Waals surface area contributed by atoms with Crippen LogP contribution in [0.3, 0.4) is 0 Å². The third-order valence-electron chi connectivity index (χ3n) is 3.99. The number of nitro benzene ring substituents is 1. The number of nitrogens with two attached hydrogens (primary N) is 1. The number of hydrogen-bond acceptors (Lipinski definition) is 7. The molecule has 0 radical (unpaired) electrons. The Labute approximate surface area is 169 Å². The normalized spacial score (nSPS) is 10.3. The lowest BCUT2D eigenvalue weighted by molar-refractivity contribution is -0.384. The summed E-state index contributed by atoms with van der Waals surface area (Å²) in [6.07, 6.45) is -1.03. The summed E-state index contributed by atoms with van der Waals surface area (Å²) in [6.45, 7) is -0.303. The maximum Gasteiger partial charge on any atom is 0.419 e. The molecule has 0 aliphatic carbocycles. The maximum absolute atomic E-state index is 12.2. The zero-order chi connectivity index (χ0) is 21.7. The monoisotopic (exact) mass is 409 g/mol. The van der Waals surface area contributed by atoms with E-state index in [4.69, 9.17) is 15.2 Å². The summed E-state index contributed by atoms with van der Waals surface area (Å²) in [5.74, 6) is -1.20. The fraction of sp³-hybridized carbons (Fsp3) is 0.0500. The number of anilines is 1. The van der Waals surface area contributed by atoms with E-state index in [2.05, 4.69) is 5.32 Å². The van der Waals surface area contributed by atoms with Crippen LogP contribution in [-0.4, -0.2) is 29.5 Å². The second-order valence-corrected chi connectivity index (χ2v) is 6.02. The number of primary amides is 1. The summed E-state index contributed by atoms with van der Waals surface area (Å²) >= 11 is 0. The number of amides is 2. The van der Waals surface area contributed by atoms with E-state index >= 15 is 0 Å². The van der Waals surface area contributed by atoms with Gasteiger partial charge in [0.25, 0.3) is 11.6 Å².